The topological polar surface area (TPSA) is 83.7 Å². The molecule has 2 aromatic carbocycles. The Hall–Kier alpha value is -2.90. The molecule has 1 aliphatic rings. The number of hydrogen-bond donors (Lipinski definition) is 2. The Morgan fingerprint density at radius 1 is 1.09 bits per heavy atom. The maximum Gasteiger partial charge on any atom is 0.291 e. The molecule has 6 nitrogen and oxygen atoms in total. The molecular formula is C24H21BrClN3O3. The molecule has 32 heavy (non-hydrogen) atoms. The van der Waals surface area contributed by atoms with E-state index in [1.54, 1.807) is 30.3 Å². The first-order valence-electron chi connectivity index (χ1n) is 10.2. The van der Waals surface area contributed by atoms with Crippen LogP contribution in [0.3, 0.4) is 0 Å². The Kier molecular flexibility index (Phi) is 6.48. The number of carbonyl (C=O) groups is 2. The second-order valence-electron chi connectivity index (χ2n) is 7.60. The average molecular weight is 515 g/mol. The van der Waals surface area contributed by atoms with Crippen molar-refractivity contribution in [1.82, 2.24) is 5.43 Å². The van der Waals surface area contributed by atoms with Gasteiger partial charge in [0.25, 0.3) is 11.8 Å². The Labute approximate surface area is 199 Å². The van der Waals surface area contributed by atoms with E-state index in [0.29, 0.717) is 50.6 Å². The number of nitrogens with one attached hydrogen (secondary N) is 2. The lowest BCUT2D eigenvalue weighted by Crippen LogP contribution is -2.22. The fraction of sp³-hybridized carbons (Fsp3) is 0.208. The summed E-state index contributed by atoms with van der Waals surface area (Å²) in [4.78, 5) is 25.5. The van der Waals surface area contributed by atoms with Gasteiger partial charge in [0.15, 0.2) is 5.76 Å². The largest absolute Gasteiger partial charge is 0.455 e. The van der Waals surface area contributed by atoms with Crippen molar-refractivity contribution in [3.63, 3.8) is 0 Å². The van der Waals surface area contributed by atoms with Gasteiger partial charge in [0.1, 0.15) is 5.76 Å². The molecule has 0 fully saturated rings. The van der Waals surface area contributed by atoms with Crippen molar-refractivity contribution in [2.45, 2.75) is 33.1 Å². The van der Waals surface area contributed by atoms with Crippen molar-refractivity contribution in [3.05, 3.63) is 85.7 Å². The van der Waals surface area contributed by atoms with Gasteiger partial charge in [0.2, 0.25) is 0 Å². The minimum Gasteiger partial charge on any atom is -0.455 e. The smallest absolute Gasteiger partial charge is 0.291 e. The number of fused-ring (bicyclic) bond motifs is 1. The Balaban J connectivity index is 1.59. The summed E-state index contributed by atoms with van der Waals surface area (Å²) in [6.45, 7) is 3.73. The number of nitrogens with zero attached hydrogens (tertiary/aromatic N) is 1. The van der Waals surface area contributed by atoms with Gasteiger partial charge in [0.05, 0.1) is 11.3 Å². The average Bonchev–Trinajstić information content (AvgIpc) is 3.12. The van der Waals surface area contributed by atoms with E-state index in [-0.39, 0.29) is 17.6 Å². The molecule has 0 spiro atoms. The first-order chi connectivity index (χ1) is 15.3. The third-order valence-electron chi connectivity index (χ3n) is 5.39. The van der Waals surface area contributed by atoms with Gasteiger partial charge in [0, 0.05) is 32.7 Å². The summed E-state index contributed by atoms with van der Waals surface area (Å²) in [6.07, 6.45) is 2.20. The molecule has 4 rings (SSSR count). The number of aryl methyl sites for hydroxylation is 2. The Bertz CT molecular complexity index is 1250. The third-order valence-corrected chi connectivity index (χ3v) is 6.32. The molecule has 0 radical (unpaired) electrons. The summed E-state index contributed by atoms with van der Waals surface area (Å²) in [5, 5.41) is 7.79. The second kappa shape index (κ2) is 9.30. The zero-order valence-corrected chi connectivity index (χ0v) is 19.9. The second-order valence-corrected chi connectivity index (χ2v) is 8.89. The lowest BCUT2D eigenvalue weighted by atomic mass is 9.93. The summed E-state index contributed by atoms with van der Waals surface area (Å²) in [5.74, 6) is 0.281. The molecule has 0 aliphatic heterocycles. The maximum atomic E-state index is 12.9. The molecule has 3 aromatic rings. The lowest BCUT2D eigenvalue weighted by molar-refractivity contribution is 0.0952. The Morgan fingerprint density at radius 3 is 2.66 bits per heavy atom. The van der Waals surface area contributed by atoms with Gasteiger partial charge < -0.3 is 9.73 Å². The van der Waals surface area contributed by atoms with Crippen molar-refractivity contribution < 1.29 is 14.0 Å². The number of hydrogen-bond acceptors (Lipinski definition) is 4. The van der Waals surface area contributed by atoms with E-state index in [2.05, 4.69) is 31.8 Å². The van der Waals surface area contributed by atoms with Crippen molar-refractivity contribution in [1.29, 1.82) is 0 Å². The molecule has 164 valence electrons. The first kappa shape index (κ1) is 22.3. The van der Waals surface area contributed by atoms with Gasteiger partial charge in [-0.05, 0) is 72.4 Å². The van der Waals surface area contributed by atoms with Crippen molar-refractivity contribution in [3.8, 4) is 0 Å². The molecule has 8 heteroatoms. The van der Waals surface area contributed by atoms with E-state index in [0.717, 1.165) is 17.5 Å². The standard InChI is InChI=1S/C24H21BrClN3O3/c1-13-10-11-15(26)12-19(13)27-24(31)22-14(2)21-18(8-5-9-20(21)32-22)28-29-23(30)16-6-3-4-7-17(16)25/h3-4,6-7,10-12H,5,8-9H2,1-2H3,(H,27,31)(H,29,30)/b28-18+. The predicted octanol–water partition coefficient (Wildman–Crippen LogP) is 6.04. The molecule has 2 N–H and O–H groups in total. The highest BCUT2D eigenvalue weighted by molar-refractivity contribution is 9.10. The van der Waals surface area contributed by atoms with Crippen molar-refractivity contribution >= 4 is 50.7 Å². The Morgan fingerprint density at radius 2 is 1.88 bits per heavy atom. The fourth-order valence-corrected chi connectivity index (χ4v) is 4.37. The van der Waals surface area contributed by atoms with Gasteiger partial charge in [-0.25, -0.2) is 5.43 Å². The minimum atomic E-state index is -0.348. The van der Waals surface area contributed by atoms with Gasteiger partial charge in [-0.15, -0.1) is 0 Å². The van der Waals surface area contributed by atoms with E-state index in [4.69, 9.17) is 16.0 Å². The fourth-order valence-electron chi connectivity index (χ4n) is 3.73. The van der Waals surface area contributed by atoms with Crippen LogP contribution in [0.4, 0.5) is 5.69 Å². The van der Waals surface area contributed by atoms with Gasteiger partial charge >= 0.3 is 0 Å². The molecule has 0 saturated carbocycles. The van der Waals surface area contributed by atoms with Crippen molar-refractivity contribution in [2.24, 2.45) is 5.10 Å². The van der Waals surface area contributed by atoms with Crippen LogP contribution in [-0.2, 0) is 6.42 Å². The van der Waals surface area contributed by atoms with E-state index < -0.39 is 0 Å². The van der Waals surface area contributed by atoms with Crippen molar-refractivity contribution in [2.75, 3.05) is 5.32 Å². The monoisotopic (exact) mass is 513 g/mol. The van der Waals surface area contributed by atoms with Crippen LogP contribution in [0, 0.1) is 13.8 Å². The predicted molar refractivity (Wildman–Crippen MR) is 129 cm³/mol. The number of carbonyl (C=O) groups excluding carboxylic acids is 2. The van der Waals surface area contributed by atoms with Crippen LogP contribution >= 0.6 is 27.5 Å². The number of hydrazone groups is 1. The summed E-state index contributed by atoms with van der Waals surface area (Å²) >= 11 is 9.44. The summed E-state index contributed by atoms with van der Waals surface area (Å²) < 4.78 is 6.63. The molecule has 0 bridgehead atoms. The molecular weight excluding hydrogens is 494 g/mol. The molecule has 0 unspecified atom stereocenters. The molecule has 2 amide bonds. The van der Waals surface area contributed by atoms with Crippen LogP contribution in [0.15, 0.2) is 56.5 Å². The van der Waals surface area contributed by atoms with Crippen LogP contribution < -0.4 is 10.7 Å². The van der Waals surface area contributed by atoms with E-state index in [1.807, 2.05) is 26.0 Å². The number of halogens is 2. The number of rotatable bonds is 4. The lowest BCUT2D eigenvalue weighted by Gasteiger charge is -2.13. The number of amides is 2. The highest BCUT2D eigenvalue weighted by Gasteiger charge is 2.28. The molecule has 0 saturated heterocycles. The maximum absolute atomic E-state index is 12.9. The van der Waals surface area contributed by atoms with Crippen LogP contribution in [0.5, 0.6) is 0 Å². The molecule has 1 aromatic heterocycles. The van der Waals surface area contributed by atoms with Crippen LogP contribution in [0.1, 0.15) is 56.2 Å². The highest BCUT2D eigenvalue weighted by Crippen LogP contribution is 2.31. The molecule has 1 heterocycles. The third kappa shape index (κ3) is 4.49. The van der Waals surface area contributed by atoms with E-state index >= 15 is 0 Å². The number of benzene rings is 2. The number of furan rings is 1. The molecule has 0 atom stereocenters. The zero-order chi connectivity index (χ0) is 22.8. The first-order valence-corrected chi connectivity index (χ1v) is 11.3. The van der Waals surface area contributed by atoms with E-state index in [9.17, 15) is 9.59 Å². The summed E-state index contributed by atoms with van der Waals surface area (Å²) in [5.41, 5.74) is 6.84. The summed E-state index contributed by atoms with van der Waals surface area (Å²) in [7, 11) is 0. The normalized spacial score (nSPS) is 14.2. The minimum absolute atomic E-state index is 0.237. The van der Waals surface area contributed by atoms with Crippen LogP contribution in [-0.4, -0.2) is 17.5 Å². The van der Waals surface area contributed by atoms with Gasteiger partial charge in [-0.2, -0.15) is 5.10 Å². The van der Waals surface area contributed by atoms with Gasteiger partial charge in [-0.3, -0.25) is 9.59 Å². The number of anilines is 1. The zero-order valence-electron chi connectivity index (χ0n) is 17.6. The van der Waals surface area contributed by atoms with Crippen LogP contribution in [0.2, 0.25) is 5.02 Å². The van der Waals surface area contributed by atoms with E-state index in [1.165, 1.54) is 0 Å². The van der Waals surface area contributed by atoms with Gasteiger partial charge in [-0.1, -0.05) is 29.8 Å². The quantitative estimate of drug-likeness (QED) is 0.417. The summed E-state index contributed by atoms with van der Waals surface area (Å²) in [6, 6.07) is 12.5. The van der Waals surface area contributed by atoms with Crippen LogP contribution in [0.25, 0.3) is 0 Å². The SMILES string of the molecule is Cc1ccc(Cl)cc1NC(=O)c1oc2c(c1C)/C(=N/NC(=O)c1ccccc1Br)CCC2. The highest BCUT2D eigenvalue weighted by atomic mass is 79.9. The molecule has 1 aliphatic carbocycles.